The van der Waals surface area contributed by atoms with Gasteiger partial charge in [-0.1, -0.05) is 15.9 Å². The van der Waals surface area contributed by atoms with Gasteiger partial charge in [0.25, 0.3) is 0 Å². The van der Waals surface area contributed by atoms with Crippen LogP contribution >= 0.6 is 15.9 Å². The molecule has 3 aromatic rings. The Bertz CT molecular complexity index is 888. The zero-order valence-corrected chi connectivity index (χ0v) is 15.0. The molecule has 0 unspecified atom stereocenters. The highest BCUT2D eigenvalue weighted by Crippen LogP contribution is 2.20. The Labute approximate surface area is 157 Å². The van der Waals surface area contributed by atoms with Crippen molar-refractivity contribution in [3.05, 3.63) is 71.1 Å². The van der Waals surface area contributed by atoms with E-state index in [0.29, 0.717) is 11.4 Å². The normalized spacial score (nSPS) is 10.2. The van der Waals surface area contributed by atoms with Gasteiger partial charge in [-0.25, -0.2) is 9.37 Å². The van der Waals surface area contributed by atoms with Gasteiger partial charge >= 0.3 is 0 Å². The molecule has 0 aliphatic carbocycles. The van der Waals surface area contributed by atoms with E-state index in [4.69, 9.17) is 4.74 Å². The van der Waals surface area contributed by atoms with Crippen molar-refractivity contribution < 1.29 is 13.9 Å². The molecule has 26 heavy (non-hydrogen) atoms. The molecule has 1 amide bonds. The van der Waals surface area contributed by atoms with Crippen molar-refractivity contribution in [3.63, 3.8) is 0 Å². The van der Waals surface area contributed by atoms with Gasteiger partial charge < -0.3 is 15.4 Å². The molecule has 8 heteroatoms. The highest BCUT2D eigenvalue weighted by Gasteiger charge is 2.06. The molecule has 3 rings (SSSR count). The van der Waals surface area contributed by atoms with Gasteiger partial charge in [-0.3, -0.25) is 4.79 Å². The number of nitrogens with one attached hydrogen (secondary N) is 2. The van der Waals surface area contributed by atoms with Crippen molar-refractivity contribution >= 4 is 33.5 Å². The summed E-state index contributed by atoms with van der Waals surface area (Å²) in [5, 5.41) is 5.58. The summed E-state index contributed by atoms with van der Waals surface area (Å²) in [4.78, 5) is 20.2. The molecule has 0 saturated carbocycles. The third-order valence-corrected chi connectivity index (χ3v) is 3.73. The monoisotopic (exact) mass is 416 g/mol. The topological polar surface area (TPSA) is 76.1 Å². The zero-order chi connectivity index (χ0) is 18.4. The van der Waals surface area contributed by atoms with E-state index in [0.717, 1.165) is 4.47 Å². The molecule has 0 fully saturated rings. The van der Waals surface area contributed by atoms with E-state index in [1.165, 1.54) is 30.5 Å². The average Bonchev–Trinajstić information content (AvgIpc) is 2.64. The predicted octanol–water partition coefficient (Wildman–Crippen LogP) is 4.22. The molecule has 0 radical (unpaired) electrons. The van der Waals surface area contributed by atoms with Gasteiger partial charge in [0.05, 0.1) is 6.54 Å². The molecule has 2 N–H and O–H groups in total. The number of hydrogen-bond donors (Lipinski definition) is 2. The first kappa shape index (κ1) is 17.8. The van der Waals surface area contributed by atoms with Crippen molar-refractivity contribution in [1.82, 2.24) is 9.97 Å². The van der Waals surface area contributed by atoms with Crippen LogP contribution in [0.1, 0.15) is 0 Å². The number of ether oxygens (including phenoxy) is 1. The van der Waals surface area contributed by atoms with Gasteiger partial charge in [0.15, 0.2) is 0 Å². The standard InChI is InChI=1S/C18H14BrFN4O2/c19-12-1-5-14(6-2-12)23-16(25)11-22-18-21-10-9-17(24-18)26-15-7-3-13(20)4-8-15/h1-10H,11H2,(H,23,25)(H,21,22,24). The minimum atomic E-state index is -0.348. The van der Waals surface area contributed by atoms with E-state index in [1.54, 1.807) is 18.2 Å². The van der Waals surface area contributed by atoms with Crippen LogP contribution in [0.15, 0.2) is 65.3 Å². The van der Waals surface area contributed by atoms with Crippen LogP contribution in [0.2, 0.25) is 0 Å². The second-order valence-corrected chi connectivity index (χ2v) is 6.10. The highest BCUT2D eigenvalue weighted by molar-refractivity contribution is 9.10. The molecule has 0 aliphatic heterocycles. The van der Waals surface area contributed by atoms with Crippen molar-refractivity contribution in [3.8, 4) is 11.6 Å². The van der Waals surface area contributed by atoms with Crippen LogP contribution in [-0.2, 0) is 4.79 Å². The van der Waals surface area contributed by atoms with Crippen molar-refractivity contribution in [2.45, 2.75) is 0 Å². The Kier molecular flexibility index (Phi) is 5.75. The Morgan fingerprint density at radius 2 is 1.81 bits per heavy atom. The number of hydrogen-bond acceptors (Lipinski definition) is 5. The van der Waals surface area contributed by atoms with E-state index < -0.39 is 0 Å². The molecule has 0 saturated heterocycles. The van der Waals surface area contributed by atoms with E-state index >= 15 is 0 Å². The fourth-order valence-corrected chi connectivity index (χ4v) is 2.27. The number of aromatic nitrogens is 2. The van der Waals surface area contributed by atoms with E-state index in [9.17, 15) is 9.18 Å². The number of halogens is 2. The van der Waals surface area contributed by atoms with Crippen molar-refractivity contribution in [2.75, 3.05) is 17.2 Å². The Morgan fingerprint density at radius 1 is 1.08 bits per heavy atom. The van der Waals surface area contributed by atoms with Crippen molar-refractivity contribution in [2.24, 2.45) is 0 Å². The maximum Gasteiger partial charge on any atom is 0.243 e. The summed E-state index contributed by atoms with van der Waals surface area (Å²) in [6, 6.07) is 14.4. The predicted molar refractivity (Wildman–Crippen MR) is 99.8 cm³/mol. The molecule has 0 aliphatic rings. The lowest BCUT2D eigenvalue weighted by Crippen LogP contribution is -2.22. The summed E-state index contributed by atoms with van der Waals surface area (Å²) < 4.78 is 19.4. The summed E-state index contributed by atoms with van der Waals surface area (Å²) in [5.74, 6) is 0.391. The van der Waals surface area contributed by atoms with Crippen LogP contribution in [0.3, 0.4) is 0 Å². The molecule has 0 bridgehead atoms. The first-order valence-corrected chi connectivity index (χ1v) is 8.43. The maximum absolute atomic E-state index is 12.9. The summed E-state index contributed by atoms with van der Waals surface area (Å²) in [7, 11) is 0. The molecule has 1 aromatic heterocycles. The average molecular weight is 417 g/mol. The van der Waals surface area contributed by atoms with Gasteiger partial charge in [-0.05, 0) is 48.5 Å². The lowest BCUT2D eigenvalue weighted by molar-refractivity contribution is -0.114. The SMILES string of the molecule is O=C(CNc1nccc(Oc2ccc(F)cc2)n1)Nc1ccc(Br)cc1. The molecule has 0 atom stereocenters. The fraction of sp³-hybridized carbons (Fsp3) is 0.0556. The summed E-state index contributed by atoms with van der Waals surface area (Å²) >= 11 is 3.33. The van der Waals surface area contributed by atoms with Gasteiger partial charge in [-0.15, -0.1) is 0 Å². The second-order valence-electron chi connectivity index (χ2n) is 5.18. The number of amides is 1. The largest absolute Gasteiger partial charge is 0.439 e. The van der Waals surface area contributed by atoms with Crippen LogP contribution in [0.4, 0.5) is 16.0 Å². The second kappa shape index (κ2) is 8.39. The Balaban J connectivity index is 1.55. The van der Waals surface area contributed by atoms with Crippen LogP contribution in [0.5, 0.6) is 11.6 Å². The minimum absolute atomic E-state index is 0.00390. The fourth-order valence-electron chi connectivity index (χ4n) is 2.01. The number of anilines is 2. The molecule has 6 nitrogen and oxygen atoms in total. The van der Waals surface area contributed by atoms with Crippen LogP contribution in [0, 0.1) is 5.82 Å². The summed E-state index contributed by atoms with van der Waals surface area (Å²) in [6.07, 6.45) is 1.50. The lowest BCUT2D eigenvalue weighted by atomic mass is 10.3. The number of nitrogens with zero attached hydrogens (tertiary/aromatic N) is 2. The van der Waals surface area contributed by atoms with Crippen molar-refractivity contribution in [1.29, 1.82) is 0 Å². The molecule has 1 heterocycles. The number of carbonyl (C=O) groups excluding carboxylic acids is 1. The number of carbonyl (C=O) groups is 1. The quantitative estimate of drug-likeness (QED) is 0.628. The van der Waals surface area contributed by atoms with Gasteiger partial charge in [-0.2, -0.15) is 4.98 Å². The van der Waals surface area contributed by atoms with Gasteiger partial charge in [0, 0.05) is 22.4 Å². The summed E-state index contributed by atoms with van der Waals surface area (Å²) in [5.41, 5.74) is 0.689. The van der Waals surface area contributed by atoms with Crippen LogP contribution in [-0.4, -0.2) is 22.4 Å². The first-order chi connectivity index (χ1) is 12.6. The molecular weight excluding hydrogens is 403 g/mol. The molecule has 0 spiro atoms. The zero-order valence-electron chi connectivity index (χ0n) is 13.4. The maximum atomic E-state index is 12.9. The van der Waals surface area contributed by atoms with Gasteiger partial charge in [0.2, 0.25) is 17.7 Å². The molecule has 2 aromatic carbocycles. The molecule has 132 valence electrons. The summed E-state index contributed by atoms with van der Waals surface area (Å²) in [6.45, 7) is -0.00390. The number of benzene rings is 2. The Hall–Kier alpha value is -3.00. The first-order valence-electron chi connectivity index (χ1n) is 7.64. The van der Waals surface area contributed by atoms with E-state index in [1.807, 2.05) is 12.1 Å². The highest BCUT2D eigenvalue weighted by atomic mass is 79.9. The Morgan fingerprint density at radius 3 is 2.54 bits per heavy atom. The van der Waals surface area contributed by atoms with E-state index in [-0.39, 0.29) is 30.1 Å². The molecular formula is C18H14BrFN4O2. The van der Waals surface area contributed by atoms with E-state index in [2.05, 4.69) is 36.5 Å². The number of rotatable bonds is 6. The minimum Gasteiger partial charge on any atom is -0.439 e. The van der Waals surface area contributed by atoms with Crippen LogP contribution < -0.4 is 15.4 Å². The third kappa shape index (κ3) is 5.25. The smallest absolute Gasteiger partial charge is 0.243 e. The van der Waals surface area contributed by atoms with Crippen LogP contribution in [0.25, 0.3) is 0 Å². The lowest BCUT2D eigenvalue weighted by Gasteiger charge is -2.08. The third-order valence-electron chi connectivity index (χ3n) is 3.20. The van der Waals surface area contributed by atoms with Gasteiger partial charge in [0.1, 0.15) is 11.6 Å².